The van der Waals surface area contributed by atoms with Crippen LogP contribution in [0.25, 0.3) is 11.4 Å². The molecule has 0 spiro atoms. The van der Waals surface area contributed by atoms with Crippen LogP contribution in [0.1, 0.15) is 40.5 Å². The highest BCUT2D eigenvalue weighted by Crippen LogP contribution is 2.24. The van der Waals surface area contributed by atoms with Crippen molar-refractivity contribution in [3.05, 3.63) is 24.3 Å². The molecule has 0 aliphatic rings. The SMILES string of the molecule is COc1ccc(-c2nnc(SCC(=O)N(CCC(C)C)CCC(C)C)n2C)cc1. The highest BCUT2D eigenvalue weighted by atomic mass is 32.2. The Morgan fingerprint density at radius 1 is 1.07 bits per heavy atom. The fourth-order valence-corrected chi connectivity index (χ4v) is 3.65. The van der Waals surface area contributed by atoms with E-state index >= 15 is 0 Å². The number of thioether (sulfide) groups is 1. The van der Waals surface area contributed by atoms with Crippen LogP contribution in [0.4, 0.5) is 0 Å². The molecule has 0 unspecified atom stereocenters. The zero-order chi connectivity index (χ0) is 21.4. The molecule has 1 aromatic heterocycles. The summed E-state index contributed by atoms with van der Waals surface area (Å²) in [6, 6.07) is 7.73. The molecule has 2 rings (SSSR count). The Morgan fingerprint density at radius 2 is 1.66 bits per heavy atom. The van der Waals surface area contributed by atoms with E-state index in [4.69, 9.17) is 4.74 Å². The van der Waals surface area contributed by atoms with Crippen LogP contribution in [0, 0.1) is 11.8 Å². The highest BCUT2D eigenvalue weighted by molar-refractivity contribution is 7.99. The van der Waals surface area contributed by atoms with E-state index in [1.807, 2.05) is 40.8 Å². The first-order chi connectivity index (χ1) is 13.8. The molecule has 0 radical (unpaired) electrons. The third-order valence-corrected chi connectivity index (χ3v) is 5.82. The molecule has 0 atom stereocenters. The van der Waals surface area contributed by atoms with Gasteiger partial charge in [-0.3, -0.25) is 4.79 Å². The van der Waals surface area contributed by atoms with Crippen LogP contribution in [0.2, 0.25) is 0 Å². The first-order valence-corrected chi connectivity index (χ1v) is 11.2. The summed E-state index contributed by atoms with van der Waals surface area (Å²) in [5.74, 6) is 3.30. The number of hydrogen-bond acceptors (Lipinski definition) is 5. The number of rotatable bonds is 11. The van der Waals surface area contributed by atoms with Gasteiger partial charge in [0.1, 0.15) is 5.75 Å². The molecule has 160 valence electrons. The summed E-state index contributed by atoms with van der Waals surface area (Å²) in [5.41, 5.74) is 0.967. The topological polar surface area (TPSA) is 60.3 Å². The molecule has 0 aliphatic heterocycles. The summed E-state index contributed by atoms with van der Waals surface area (Å²) in [6.45, 7) is 10.4. The van der Waals surface area contributed by atoms with Gasteiger partial charge in [0.05, 0.1) is 12.9 Å². The Hall–Kier alpha value is -2.02. The molecule has 2 aromatic rings. The second-order valence-electron chi connectivity index (χ2n) is 8.13. The smallest absolute Gasteiger partial charge is 0.233 e. The highest BCUT2D eigenvalue weighted by Gasteiger charge is 2.17. The lowest BCUT2D eigenvalue weighted by molar-refractivity contribution is -0.128. The summed E-state index contributed by atoms with van der Waals surface area (Å²) in [6.07, 6.45) is 2.06. The maximum Gasteiger partial charge on any atom is 0.233 e. The summed E-state index contributed by atoms with van der Waals surface area (Å²) >= 11 is 1.45. The standard InChI is InChI=1S/C22H34N4O2S/c1-16(2)11-13-26(14-12-17(3)4)20(27)15-29-22-24-23-21(25(22)5)18-7-9-19(28-6)10-8-18/h7-10,16-17H,11-15H2,1-6H3. The third-order valence-electron chi connectivity index (χ3n) is 4.81. The fraction of sp³-hybridized carbons (Fsp3) is 0.591. The van der Waals surface area contributed by atoms with Gasteiger partial charge in [0.25, 0.3) is 0 Å². The molecule has 0 bridgehead atoms. The van der Waals surface area contributed by atoms with Crippen molar-refractivity contribution in [1.29, 1.82) is 0 Å². The summed E-state index contributed by atoms with van der Waals surface area (Å²) in [4.78, 5) is 14.8. The fourth-order valence-electron chi connectivity index (χ4n) is 2.84. The predicted molar refractivity (Wildman–Crippen MR) is 119 cm³/mol. The molecule has 1 amide bonds. The van der Waals surface area contributed by atoms with E-state index in [0.717, 1.165) is 48.2 Å². The van der Waals surface area contributed by atoms with Crippen molar-refractivity contribution in [2.24, 2.45) is 18.9 Å². The minimum atomic E-state index is 0.172. The van der Waals surface area contributed by atoms with Crippen molar-refractivity contribution in [3.8, 4) is 17.1 Å². The molecule has 6 nitrogen and oxygen atoms in total. The number of amides is 1. The molecule has 7 heteroatoms. The van der Waals surface area contributed by atoms with Crippen LogP contribution in [-0.4, -0.2) is 51.5 Å². The molecule has 1 heterocycles. The van der Waals surface area contributed by atoms with Crippen LogP contribution in [0.15, 0.2) is 29.4 Å². The van der Waals surface area contributed by atoms with Gasteiger partial charge in [-0.2, -0.15) is 0 Å². The van der Waals surface area contributed by atoms with Crippen molar-refractivity contribution >= 4 is 17.7 Å². The number of carbonyl (C=O) groups is 1. The molecule has 0 N–H and O–H groups in total. The third kappa shape index (κ3) is 7.07. The van der Waals surface area contributed by atoms with E-state index in [2.05, 4.69) is 37.9 Å². The lowest BCUT2D eigenvalue weighted by Crippen LogP contribution is -2.35. The predicted octanol–water partition coefficient (Wildman–Crippen LogP) is 4.50. The molecule has 0 fully saturated rings. The Balaban J connectivity index is 2.01. The van der Waals surface area contributed by atoms with Gasteiger partial charge in [0, 0.05) is 25.7 Å². The van der Waals surface area contributed by atoms with Crippen molar-refractivity contribution in [2.75, 3.05) is 26.0 Å². The number of hydrogen-bond donors (Lipinski definition) is 0. The van der Waals surface area contributed by atoms with Gasteiger partial charge in [-0.1, -0.05) is 39.5 Å². The lowest BCUT2D eigenvalue weighted by Gasteiger charge is -2.24. The number of methoxy groups -OCH3 is 1. The quantitative estimate of drug-likeness (QED) is 0.503. The second kappa shape index (κ2) is 11.2. The van der Waals surface area contributed by atoms with Crippen LogP contribution in [0.3, 0.4) is 0 Å². The Labute approximate surface area is 179 Å². The average molecular weight is 419 g/mol. The minimum absolute atomic E-state index is 0.172. The number of benzene rings is 1. The molecule has 0 aliphatic carbocycles. The zero-order valence-corrected chi connectivity index (χ0v) is 19.3. The van der Waals surface area contributed by atoms with Gasteiger partial charge in [-0.15, -0.1) is 10.2 Å². The molecule has 0 saturated heterocycles. The number of nitrogens with zero attached hydrogens (tertiary/aromatic N) is 4. The van der Waals surface area contributed by atoms with Crippen LogP contribution >= 0.6 is 11.8 Å². The number of carbonyl (C=O) groups excluding carboxylic acids is 1. The lowest BCUT2D eigenvalue weighted by atomic mass is 10.1. The van der Waals surface area contributed by atoms with Gasteiger partial charge < -0.3 is 14.2 Å². The first-order valence-electron chi connectivity index (χ1n) is 10.3. The maximum atomic E-state index is 12.8. The van der Waals surface area contributed by atoms with E-state index in [-0.39, 0.29) is 5.91 Å². The van der Waals surface area contributed by atoms with Crippen LogP contribution in [0.5, 0.6) is 5.75 Å². The maximum absolute atomic E-state index is 12.8. The summed E-state index contributed by atoms with van der Waals surface area (Å²) < 4.78 is 7.14. The zero-order valence-electron chi connectivity index (χ0n) is 18.5. The minimum Gasteiger partial charge on any atom is -0.497 e. The van der Waals surface area contributed by atoms with Crippen LogP contribution in [-0.2, 0) is 11.8 Å². The second-order valence-corrected chi connectivity index (χ2v) is 9.07. The monoisotopic (exact) mass is 418 g/mol. The van der Waals surface area contributed by atoms with Crippen molar-refractivity contribution in [1.82, 2.24) is 19.7 Å². The van der Waals surface area contributed by atoms with Gasteiger partial charge in [-0.25, -0.2) is 0 Å². The van der Waals surface area contributed by atoms with E-state index in [1.54, 1.807) is 7.11 Å². The summed E-state index contributed by atoms with van der Waals surface area (Å²) in [7, 11) is 3.58. The van der Waals surface area contributed by atoms with Crippen molar-refractivity contribution < 1.29 is 9.53 Å². The average Bonchev–Trinajstić information content (AvgIpc) is 3.06. The molecule has 1 aromatic carbocycles. The molecular formula is C22H34N4O2S. The van der Waals surface area contributed by atoms with Crippen LogP contribution < -0.4 is 4.74 Å². The Morgan fingerprint density at radius 3 is 2.17 bits per heavy atom. The van der Waals surface area contributed by atoms with Gasteiger partial charge in [-0.05, 0) is 48.9 Å². The van der Waals surface area contributed by atoms with E-state index in [0.29, 0.717) is 17.6 Å². The van der Waals surface area contributed by atoms with E-state index < -0.39 is 0 Å². The van der Waals surface area contributed by atoms with Gasteiger partial charge >= 0.3 is 0 Å². The molecule has 29 heavy (non-hydrogen) atoms. The van der Waals surface area contributed by atoms with Crippen molar-refractivity contribution in [3.63, 3.8) is 0 Å². The Bertz CT molecular complexity index is 760. The van der Waals surface area contributed by atoms with E-state index in [9.17, 15) is 4.79 Å². The van der Waals surface area contributed by atoms with Gasteiger partial charge in [0.15, 0.2) is 11.0 Å². The Kier molecular flexibility index (Phi) is 9.01. The normalized spacial score (nSPS) is 11.3. The number of aromatic nitrogens is 3. The van der Waals surface area contributed by atoms with E-state index in [1.165, 1.54) is 11.8 Å². The van der Waals surface area contributed by atoms with Gasteiger partial charge in [0.2, 0.25) is 5.91 Å². The van der Waals surface area contributed by atoms with Crippen molar-refractivity contribution in [2.45, 2.75) is 45.7 Å². The largest absolute Gasteiger partial charge is 0.497 e. The first kappa shape index (κ1) is 23.3. The number of ether oxygens (including phenoxy) is 1. The summed E-state index contributed by atoms with van der Waals surface area (Å²) in [5, 5.41) is 9.35. The molecule has 0 saturated carbocycles. The molecular weight excluding hydrogens is 384 g/mol.